The van der Waals surface area contributed by atoms with Crippen LogP contribution in [0.3, 0.4) is 0 Å². The molecule has 4 rings (SSSR count). The molecule has 2 N–H and O–H groups in total. The van der Waals surface area contributed by atoms with E-state index in [0.717, 1.165) is 36.3 Å². The van der Waals surface area contributed by atoms with Gasteiger partial charge in [0.05, 0.1) is 6.42 Å². The SMILES string of the molecule is Cc1nc2cc(=O)[nH]n2c(C)c1CC(=O)N1C[C@@H]2C[C@@H](CO)C[C@@H]21. The quantitative estimate of drug-likeness (QED) is 0.853. The van der Waals surface area contributed by atoms with Gasteiger partial charge in [-0.25, -0.2) is 9.50 Å². The van der Waals surface area contributed by atoms with Gasteiger partial charge in [-0.1, -0.05) is 0 Å². The lowest BCUT2D eigenvalue weighted by atomic mass is 9.91. The molecule has 3 heterocycles. The van der Waals surface area contributed by atoms with Gasteiger partial charge in [-0.3, -0.25) is 14.7 Å². The van der Waals surface area contributed by atoms with Crippen LogP contribution in [0.5, 0.6) is 0 Å². The minimum atomic E-state index is -0.194. The molecule has 1 amide bonds. The number of aromatic nitrogens is 3. The topological polar surface area (TPSA) is 90.7 Å². The Morgan fingerprint density at radius 2 is 2.21 bits per heavy atom. The molecule has 1 saturated heterocycles. The van der Waals surface area contributed by atoms with E-state index in [0.29, 0.717) is 29.9 Å². The highest BCUT2D eigenvalue weighted by atomic mass is 16.3. The highest BCUT2D eigenvalue weighted by Crippen LogP contribution is 2.42. The number of aromatic amines is 1. The third-order valence-electron chi connectivity index (χ3n) is 5.70. The number of carbonyl (C=O) groups is 1. The molecule has 1 aliphatic carbocycles. The number of aryl methyl sites for hydroxylation is 2. The minimum absolute atomic E-state index is 0.108. The molecule has 0 bridgehead atoms. The summed E-state index contributed by atoms with van der Waals surface area (Å²) in [5.74, 6) is 0.996. The number of aliphatic hydroxyl groups is 1. The van der Waals surface area contributed by atoms with Crippen molar-refractivity contribution in [1.29, 1.82) is 0 Å². The fourth-order valence-electron chi connectivity index (χ4n) is 4.34. The molecule has 2 aliphatic rings. The van der Waals surface area contributed by atoms with E-state index in [1.54, 1.807) is 4.52 Å². The van der Waals surface area contributed by atoms with Crippen molar-refractivity contribution in [3.05, 3.63) is 33.4 Å². The summed E-state index contributed by atoms with van der Waals surface area (Å²) in [6.07, 6.45) is 2.24. The van der Waals surface area contributed by atoms with Crippen LogP contribution in [0.2, 0.25) is 0 Å². The maximum absolute atomic E-state index is 12.7. The zero-order chi connectivity index (χ0) is 17.0. The lowest BCUT2D eigenvalue weighted by Gasteiger charge is -2.44. The summed E-state index contributed by atoms with van der Waals surface area (Å²) in [5, 5.41) is 12.0. The Morgan fingerprint density at radius 1 is 1.42 bits per heavy atom. The summed E-state index contributed by atoms with van der Waals surface area (Å²) in [6.45, 7) is 4.79. The number of amides is 1. The van der Waals surface area contributed by atoms with Crippen LogP contribution in [0.25, 0.3) is 5.65 Å². The Bertz CT molecular complexity index is 869. The van der Waals surface area contributed by atoms with Crippen molar-refractivity contribution in [2.45, 2.75) is 39.2 Å². The Morgan fingerprint density at radius 3 is 2.96 bits per heavy atom. The molecule has 128 valence electrons. The third kappa shape index (κ3) is 2.26. The first kappa shape index (κ1) is 15.4. The molecule has 7 heteroatoms. The van der Waals surface area contributed by atoms with Crippen molar-refractivity contribution >= 4 is 11.6 Å². The van der Waals surface area contributed by atoms with Crippen molar-refractivity contribution in [2.24, 2.45) is 11.8 Å². The first-order valence-electron chi connectivity index (χ1n) is 8.46. The molecule has 0 aromatic carbocycles. The van der Waals surface area contributed by atoms with Crippen LogP contribution in [0.1, 0.15) is 29.8 Å². The van der Waals surface area contributed by atoms with Gasteiger partial charge in [-0.2, -0.15) is 0 Å². The van der Waals surface area contributed by atoms with E-state index in [2.05, 4.69) is 10.1 Å². The number of likely N-dealkylation sites (tertiary alicyclic amines) is 1. The molecular formula is C17H22N4O3. The number of hydrogen-bond acceptors (Lipinski definition) is 4. The minimum Gasteiger partial charge on any atom is -0.396 e. The van der Waals surface area contributed by atoms with E-state index in [4.69, 9.17) is 0 Å². The van der Waals surface area contributed by atoms with Crippen LogP contribution < -0.4 is 5.56 Å². The van der Waals surface area contributed by atoms with Gasteiger partial charge in [0.1, 0.15) is 0 Å². The second-order valence-corrected chi connectivity index (χ2v) is 7.15. The highest BCUT2D eigenvalue weighted by molar-refractivity contribution is 5.80. The van der Waals surface area contributed by atoms with Gasteiger partial charge in [-0.05, 0) is 38.5 Å². The predicted octanol–water partition coefficient (Wildman–Crippen LogP) is 0.411. The average molecular weight is 330 g/mol. The number of nitrogens with one attached hydrogen (secondary N) is 1. The van der Waals surface area contributed by atoms with Crippen molar-refractivity contribution in [3.63, 3.8) is 0 Å². The van der Waals surface area contributed by atoms with E-state index in [-0.39, 0.29) is 18.1 Å². The normalized spacial score (nSPS) is 25.8. The Kier molecular flexibility index (Phi) is 3.49. The molecule has 0 radical (unpaired) electrons. The maximum Gasteiger partial charge on any atom is 0.266 e. The smallest absolute Gasteiger partial charge is 0.266 e. The largest absolute Gasteiger partial charge is 0.396 e. The van der Waals surface area contributed by atoms with Gasteiger partial charge in [0.15, 0.2) is 5.65 Å². The van der Waals surface area contributed by atoms with Gasteiger partial charge in [-0.15, -0.1) is 0 Å². The Hall–Kier alpha value is -2.15. The van der Waals surface area contributed by atoms with E-state index in [1.165, 1.54) is 6.07 Å². The van der Waals surface area contributed by atoms with Crippen molar-refractivity contribution in [1.82, 2.24) is 19.5 Å². The average Bonchev–Trinajstić information content (AvgIpc) is 3.04. The summed E-state index contributed by atoms with van der Waals surface area (Å²) in [4.78, 5) is 30.6. The summed E-state index contributed by atoms with van der Waals surface area (Å²) < 4.78 is 1.65. The fourth-order valence-corrected chi connectivity index (χ4v) is 4.34. The second kappa shape index (κ2) is 5.44. The predicted molar refractivity (Wildman–Crippen MR) is 87.8 cm³/mol. The second-order valence-electron chi connectivity index (χ2n) is 7.15. The molecule has 0 unspecified atom stereocenters. The molecule has 3 atom stereocenters. The van der Waals surface area contributed by atoms with Gasteiger partial charge >= 0.3 is 0 Å². The molecule has 0 spiro atoms. The molecule has 2 aromatic heterocycles. The molecule has 7 nitrogen and oxygen atoms in total. The van der Waals surface area contributed by atoms with Crippen molar-refractivity contribution in [3.8, 4) is 0 Å². The highest BCUT2D eigenvalue weighted by Gasteiger charge is 2.47. The summed E-state index contributed by atoms with van der Waals surface area (Å²) in [6, 6.07) is 1.75. The van der Waals surface area contributed by atoms with E-state index in [1.807, 2.05) is 18.7 Å². The molecule has 1 saturated carbocycles. The number of rotatable bonds is 3. The van der Waals surface area contributed by atoms with E-state index < -0.39 is 0 Å². The number of H-pyrrole nitrogens is 1. The van der Waals surface area contributed by atoms with Crippen molar-refractivity contribution in [2.75, 3.05) is 13.2 Å². The monoisotopic (exact) mass is 330 g/mol. The molecule has 1 aliphatic heterocycles. The first-order chi connectivity index (χ1) is 11.5. The first-order valence-corrected chi connectivity index (χ1v) is 8.46. The van der Waals surface area contributed by atoms with E-state index in [9.17, 15) is 14.7 Å². The standard InChI is InChI=1S/C17H22N4O3/c1-9-13(10(2)21-15(18-9)6-16(23)19-21)5-17(24)20-7-12-3-11(8-22)4-14(12)20/h6,11-12,14,22H,3-5,7-8H2,1-2H3,(H,19,23)/t11-,12+,14+/m1/s1. The summed E-state index contributed by atoms with van der Waals surface area (Å²) >= 11 is 0. The van der Waals surface area contributed by atoms with Gasteiger partial charge < -0.3 is 10.0 Å². The molecule has 2 aromatic rings. The lowest BCUT2D eigenvalue weighted by molar-refractivity contribution is -0.141. The summed E-state index contributed by atoms with van der Waals surface area (Å²) in [5.41, 5.74) is 2.90. The number of fused-ring (bicyclic) bond motifs is 2. The maximum atomic E-state index is 12.7. The zero-order valence-electron chi connectivity index (χ0n) is 14.0. The molecular weight excluding hydrogens is 308 g/mol. The van der Waals surface area contributed by atoms with Crippen LogP contribution in [0.15, 0.2) is 10.9 Å². The lowest BCUT2D eigenvalue weighted by Crippen LogP contribution is -2.56. The van der Waals surface area contributed by atoms with Crippen molar-refractivity contribution < 1.29 is 9.90 Å². The Labute approximate surface area is 139 Å². The van der Waals surface area contributed by atoms with Crippen LogP contribution >= 0.6 is 0 Å². The fraction of sp³-hybridized carbons (Fsp3) is 0.588. The van der Waals surface area contributed by atoms with E-state index >= 15 is 0 Å². The summed E-state index contributed by atoms with van der Waals surface area (Å²) in [7, 11) is 0. The van der Waals surface area contributed by atoms with Gasteiger partial charge in [0.2, 0.25) is 5.91 Å². The zero-order valence-corrected chi connectivity index (χ0v) is 14.0. The van der Waals surface area contributed by atoms with Gasteiger partial charge in [0.25, 0.3) is 5.56 Å². The van der Waals surface area contributed by atoms with Crippen LogP contribution in [-0.4, -0.2) is 49.7 Å². The van der Waals surface area contributed by atoms with Crippen LogP contribution in [0.4, 0.5) is 0 Å². The molecule has 2 fully saturated rings. The number of carbonyl (C=O) groups excluding carboxylic acids is 1. The van der Waals surface area contributed by atoms with Crippen LogP contribution in [-0.2, 0) is 11.2 Å². The Balaban J connectivity index is 1.56. The molecule has 24 heavy (non-hydrogen) atoms. The number of aliphatic hydroxyl groups excluding tert-OH is 1. The number of hydrogen-bond donors (Lipinski definition) is 2. The third-order valence-corrected chi connectivity index (χ3v) is 5.70. The van der Waals surface area contributed by atoms with Crippen LogP contribution in [0, 0.1) is 25.7 Å². The number of nitrogens with zero attached hydrogens (tertiary/aromatic N) is 3. The van der Waals surface area contributed by atoms with Gasteiger partial charge in [0, 0.05) is 42.2 Å².